The summed E-state index contributed by atoms with van der Waals surface area (Å²) in [6.07, 6.45) is 0. The smallest absolute Gasteiger partial charge is 0.338 e. The Morgan fingerprint density at radius 2 is 1.61 bits per heavy atom. The van der Waals surface area contributed by atoms with Gasteiger partial charge in [-0.25, -0.2) is 13.2 Å². The van der Waals surface area contributed by atoms with E-state index in [1.807, 2.05) is 0 Å². The number of halogens is 2. The van der Waals surface area contributed by atoms with Gasteiger partial charge in [-0.2, -0.15) is 0 Å². The van der Waals surface area contributed by atoms with E-state index in [-0.39, 0.29) is 39.7 Å². The van der Waals surface area contributed by atoms with Gasteiger partial charge in [-0.3, -0.25) is 4.79 Å². The standard InChI is InChI=1S/C22H14Cl2O6S/c23-14-6-8-18(17(24)12-14)29-9-10-30-22(26)13-5-7-16-20(11-13)31(27,28)19-4-2-1-3-15(19)21(16)25/h1-8,11-12H,9-10H2. The molecule has 0 N–H and O–H groups in total. The second-order valence-corrected chi connectivity index (χ2v) is 9.33. The zero-order chi connectivity index (χ0) is 22.2. The Bertz CT molecular complexity index is 1320. The summed E-state index contributed by atoms with van der Waals surface area (Å²) >= 11 is 11.8. The highest BCUT2D eigenvalue weighted by molar-refractivity contribution is 7.91. The molecule has 31 heavy (non-hydrogen) atoms. The van der Waals surface area contributed by atoms with Crippen molar-refractivity contribution in [1.82, 2.24) is 0 Å². The third kappa shape index (κ3) is 4.04. The molecule has 0 unspecified atom stereocenters. The number of carbonyl (C=O) groups excluding carboxylic acids is 2. The summed E-state index contributed by atoms with van der Waals surface area (Å²) in [4.78, 5) is 24.8. The number of sulfone groups is 1. The summed E-state index contributed by atoms with van der Waals surface area (Å²) in [6.45, 7) is -0.0639. The molecule has 6 nitrogen and oxygen atoms in total. The third-order valence-electron chi connectivity index (χ3n) is 4.64. The van der Waals surface area contributed by atoms with E-state index in [4.69, 9.17) is 32.7 Å². The van der Waals surface area contributed by atoms with Crippen molar-refractivity contribution in [2.45, 2.75) is 9.79 Å². The number of ether oxygens (including phenoxy) is 2. The van der Waals surface area contributed by atoms with Gasteiger partial charge in [-0.15, -0.1) is 0 Å². The van der Waals surface area contributed by atoms with E-state index in [1.165, 1.54) is 30.3 Å². The molecule has 1 aliphatic rings. The maximum absolute atomic E-state index is 12.9. The highest BCUT2D eigenvalue weighted by Gasteiger charge is 2.35. The minimum atomic E-state index is -3.94. The molecule has 9 heteroatoms. The van der Waals surface area contributed by atoms with Gasteiger partial charge in [0, 0.05) is 16.1 Å². The van der Waals surface area contributed by atoms with Crippen molar-refractivity contribution in [3.05, 3.63) is 87.4 Å². The monoisotopic (exact) mass is 476 g/mol. The Balaban J connectivity index is 1.48. The average Bonchev–Trinajstić information content (AvgIpc) is 2.76. The molecule has 0 atom stereocenters. The van der Waals surface area contributed by atoms with Crippen molar-refractivity contribution < 1.29 is 27.5 Å². The molecule has 0 saturated heterocycles. The van der Waals surface area contributed by atoms with Crippen molar-refractivity contribution in [2.75, 3.05) is 13.2 Å². The van der Waals surface area contributed by atoms with E-state index in [2.05, 4.69) is 0 Å². The van der Waals surface area contributed by atoms with Crippen molar-refractivity contribution >= 4 is 44.8 Å². The fraction of sp³-hybridized carbons (Fsp3) is 0.0909. The van der Waals surface area contributed by atoms with Gasteiger partial charge < -0.3 is 9.47 Å². The second kappa shape index (κ2) is 8.34. The van der Waals surface area contributed by atoms with Crippen LogP contribution in [-0.4, -0.2) is 33.4 Å². The fourth-order valence-electron chi connectivity index (χ4n) is 3.17. The lowest BCUT2D eigenvalue weighted by Crippen LogP contribution is -2.21. The van der Waals surface area contributed by atoms with Crippen molar-refractivity contribution in [3.63, 3.8) is 0 Å². The number of rotatable bonds is 5. The Morgan fingerprint density at radius 1 is 0.871 bits per heavy atom. The van der Waals surface area contributed by atoms with Crippen LogP contribution >= 0.6 is 23.2 Å². The van der Waals surface area contributed by atoms with Gasteiger partial charge in [0.05, 0.1) is 20.4 Å². The van der Waals surface area contributed by atoms with Crippen LogP contribution in [0.25, 0.3) is 0 Å². The Hall–Kier alpha value is -2.87. The minimum Gasteiger partial charge on any atom is -0.488 e. The minimum absolute atomic E-state index is 0.0130. The number of ketones is 1. The quantitative estimate of drug-likeness (QED) is 0.308. The number of hydrogen-bond donors (Lipinski definition) is 0. The molecule has 0 fully saturated rings. The SMILES string of the molecule is O=C(OCCOc1ccc(Cl)cc1Cl)c1ccc2c(c1)S(=O)(=O)c1ccccc1C2=O. The molecule has 1 aliphatic heterocycles. The maximum atomic E-state index is 12.9. The zero-order valence-electron chi connectivity index (χ0n) is 15.8. The van der Waals surface area contributed by atoms with Gasteiger partial charge in [0.2, 0.25) is 9.84 Å². The largest absolute Gasteiger partial charge is 0.488 e. The first kappa shape index (κ1) is 21.4. The van der Waals surface area contributed by atoms with Crippen LogP contribution in [0, 0.1) is 0 Å². The molecule has 3 aromatic rings. The Kier molecular flexibility index (Phi) is 5.75. The van der Waals surface area contributed by atoms with Crippen LogP contribution in [-0.2, 0) is 14.6 Å². The van der Waals surface area contributed by atoms with Crippen LogP contribution in [0.15, 0.2) is 70.5 Å². The zero-order valence-corrected chi connectivity index (χ0v) is 18.1. The third-order valence-corrected chi connectivity index (χ3v) is 7.02. The highest BCUT2D eigenvalue weighted by atomic mass is 35.5. The van der Waals surface area contributed by atoms with Gasteiger partial charge >= 0.3 is 5.97 Å². The second-order valence-electron chi connectivity index (χ2n) is 6.60. The van der Waals surface area contributed by atoms with Gasteiger partial charge in [-0.05, 0) is 48.5 Å². The lowest BCUT2D eigenvalue weighted by Gasteiger charge is -2.19. The molecule has 0 aromatic heterocycles. The first-order chi connectivity index (χ1) is 14.8. The molecule has 0 aliphatic carbocycles. The topological polar surface area (TPSA) is 86.7 Å². The molecule has 158 valence electrons. The average molecular weight is 477 g/mol. The normalized spacial score (nSPS) is 13.8. The molecule has 0 spiro atoms. The van der Waals surface area contributed by atoms with E-state index in [0.29, 0.717) is 15.8 Å². The number of carbonyl (C=O) groups is 2. The van der Waals surface area contributed by atoms with Crippen LogP contribution in [0.4, 0.5) is 0 Å². The molecule has 1 heterocycles. The van der Waals surface area contributed by atoms with Crippen LogP contribution in [0.2, 0.25) is 10.0 Å². The Morgan fingerprint density at radius 3 is 2.39 bits per heavy atom. The van der Waals surface area contributed by atoms with Gasteiger partial charge in [0.25, 0.3) is 0 Å². The molecule has 4 rings (SSSR count). The summed E-state index contributed by atoms with van der Waals surface area (Å²) in [5.74, 6) is -0.761. The molecule has 3 aromatic carbocycles. The number of fused-ring (bicyclic) bond motifs is 2. The van der Waals surface area contributed by atoms with Crippen LogP contribution in [0.3, 0.4) is 0 Å². The lowest BCUT2D eigenvalue weighted by atomic mass is 10.0. The van der Waals surface area contributed by atoms with Crippen LogP contribution in [0.5, 0.6) is 5.75 Å². The molecule has 0 saturated carbocycles. The lowest BCUT2D eigenvalue weighted by molar-refractivity contribution is 0.0450. The van der Waals surface area contributed by atoms with Gasteiger partial charge in [0.1, 0.15) is 19.0 Å². The summed E-state index contributed by atoms with van der Waals surface area (Å²) in [5, 5.41) is 0.788. The Labute approximate surface area is 188 Å². The predicted molar refractivity (Wildman–Crippen MR) is 114 cm³/mol. The maximum Gasteiger partial charge on any atom is 0.338 e. The fourth-order valence-corrected chi connectivity index (χ4v) is 5.31. The summed E-state index contributed by atoms with van der Waals surface area (Å²) in [5.41, 5.74) is 0.151. The summed E-state index contributed by atoms with van der Waals surface area (Å²) in [6, 6.07) is 14.6. The van der Waals surface area contributed by atoms with Crippen molar-refractivity contribution in [1.29, 1.82) is 0 Å². The van der Waals surface area contributed by atoms with Crippen molar-refractivity contribution in [2.24, 2.45) is 0 Å². The van der Waals surface area contributed by atoms with Gasteiger partial charge in [0.15, 0.2) is 5.78 Å². The van der Waals surface area contributed by atoms with E-state index >= 15 is 0 Å². The van der Waals surface area contributed by atoms with E-state index in [0.717, 1.165) is 6.07 Å². The number of benzene rings is 3. The summed E-state index contributed by atoms with van der Waals surface area (Å²) < 4.78 is 36.5. The van der Waals surface area contributed by atoms with Crippen LogP contribution < -0.4 is 4.74 Å². The molecular formula is C22H14Cl2O6S. The number of esters is 1. The predicted octanol–water partition coefficient (Wildman–Crippen LogP) is 4.61. The highest BCUT2D eigenvalue weighted by Crippen LogP contribution is 2.35. The molecule has 0 bridgehead atoms. The first-order valence-corrected chi connectivity index (χ1v) is 11.3. The molecular weight excluding hydrogens is 463 g/mol. The van der Waals surface area contributed by atoms with Crippen molar-refractivity contribution in [3.8, 4) is 5.75 Å². The summed E-state index contributed by atoms with van der Waals surface area (Å²) in [7, 11) is -3.94. The van der Waals surface area contributed by atoms with Gasteiger partial charge in [-0.1, -0.05) is 35.3 Å². The molecule has 0 amide bonds. The van der Waals surface area contributed by atoms with E-state index in [1.54, 1.807) is 24.3 Å². The number of hydrogen-bond acceptors (Lipinski definition) is 6. The van der Waals surface area contributed by atoms with E-state index < -0.39 is 21.6 Å². The van der Waals surface area contributed by atoms with E-state index in [9.17, 15) is 18.0 Å². The van der Waals surface area contributed by atoms with Crippen LogP contribution in [0.1, 0.15) is 26.3 Å². The molecule has 0 radical (unpaired) electrons. The first-order valence-electron chi connectivity index (χ1n) is 9.07.